The first-order chi connectivity index (χ1) is 6.36. The SMILES string of the molecule is CCCCC(CC)Cc1cocn1. The molecule has 0 amide bonds. The van der Waals surface area contributed by atoms with Crippen molar-refractivity contribution < 1.29 is 4.42 Å². The summed E-state index contributed by atoms with van der Waals surface area (Å²) < 4.78 is 4.95. The summed E-state index contributed by atoms with van der Waals surface area (Å²) in [6.07, 6.45) is 9.53. The summed E-state index contributed by atoms with van der Waals surface area (Å²) in [6.45, 7) is 4.49. The molecular weight excluding hydrogens is 162 g/mol. The summed E-state index contributed by atoms with van der Waals surface area (Å²) in [6, 6.07) is 0. The largest absolute Gasteiger partial charge is 0.451 e. The second kappa shape index (κ2) is 5.79. The lowest BCUT2D eigenvalue weighted by Crippen LogP contribution is -2.03. The zero-order valence-corrected chi connectivity index (χ0v) is 8.62. The van der Waals surface area contributed by atoms with Crippen molar-refractivity contribution in [1.29, 1.82) is 0 Å². The van der Waals surface area contributed by atoms with E-state index in [1.807, 2.05) is 0 Å². The van der Waals surface area contributed by atoms with Crippen LogP contribution in [0, 0.1) is 5.92 Å². The molecule has 2 heteroatoms. The summed E-state index contributed by atoms with van der Waals surface area (Å²) in [5, 5.41) is 0. The Hall–Kier alpha value is -0.790. The Labute approximate surface area is 80.4 Å². The molecule has 0 aromatic carbocycles. The molecule has 1 unspecified atom stereocenters. The van der Waals surface area contributed by atoms with Crippen LogP contribution in [0.25, 0.3) is 0 Å². The third-order valence-electron chi connectivity index (χ3n) is 2.52. The van der Waals surface area contributed by atoms with Gasteiger partial charge in [-0.25, -0.2) is 4.98 Å². The van der Waals surface area contributed by atoms with Crippen molar-refractivity contribution in [1.82, 2.24) is 4.98 Å². The summed E-state index contributed by atoms with van der Waals surface area (Å²) in [4.78, 5) is 4.15. The summed E-state index contributed by atoms with van der Waals surface area (Å²) in [5.74, 6) is 0.782. The Morgan fingerprint density at radius 2 is 2.31 bits per heavy atom. The topological polar surface area (TPSA) is 26.0 Å². The fourth-order valence-corrected chi connectivity index (χ4v) is 1.58. The first-order valence-corrected chi connectivity index (χ1v) is 5.23. The molecule has 74 valence electrons. The van der Waals surface area contributed by atoms with Crippen LogP contribution in [0.1, 0.15) is 45.2 Å². The van der Waals surface area contributed by atoms with Crippen molar-refractivity contribution in [2.45, 2.75) is 46.0 Å². The van der Waals surface area contributed by atoms with E-state index < -0.39 is 0 Å². The third-order valence-corrected chi connectivity index (χ3v) is 2.52. The number of hydrogen-bond acceptors (Lipinski definition) is 2. The van der Waals surface area contributed by atoms with Crippen LogP contribution in [-0.2, 0) is 6.42 Å². The number of oxazole rings is 1. The molecule has 1 rings (SSSR count). The van der Waals surface area contributed by atoms with Crippen molar-refractivity contribution in [3.05, 3.63) is 18.4 Å². The predicted molar refractivity (Wildman–Crippen MR) is 53.5 cm³/mol. The molecule has 0 aliphatic heterocycles. The zero-order chi connectivity index (χ0) is 9.52. The van der Waals surface area contributed by atoms with Gasteiger partial charge in [0.25, 0.3) is 0 Å². The molecular formula is C11H19NO. The molecule has 1 aromatic rings. The molecule has 0 aliphatic rings. The lowest BCUT2D eigenvalue weighted by molar-refractivity contribution is 0.444. The van der Waals surface area contributed by atoms with E-state index in [0.29, 0.717) is 0 Å². The Balaban J connectivity index is 2.31. The van der Waals surface area contributed by atoms with Gasteiger partial charge in [0.05, 0.1) is 5.69 Å². The standard InChI is InChI=1S/C11H19NO/c1-3-5-6-10(4-2)7-11-8-13-9-12-11/h8-10H,3-7H2,1-2H3. The van der Waals surface area contributed by atoms with Crippen molar-refractivity contribution >= 4 is 0 Å². The molecule has 1 aromatic heterocycles. The molecule has 0 spiro atoms. The van der Waals surface area contributed by atoms with E-state index in [2.05, 4.69) is 18.8 Å². The molecule has 0 saturated heterocycles. The lowest BCUT2D eigenvalue weighted by Gasteiger charge is -2.11. The summed E-state index contributed by atoms with van der Waals surface area (Å²) in [5.41, 5.74) is 1.10. The van der Waals surface area contributed by atoms with Gasteiger partial charge < -0.3 is 4.42 Å². The highest BCUT2D eigenvalue weighted by Crippen LogP contribution is 2.17. The highest BCUT2D eigenvalue weighted by Gasteiger charge is 2.08. The van der Waals surface area contributed by atoms with E-state index in [0.717, 1.165) is 18.0 Å². The number of unbranched alkanes of at least 4 members (excludes halogenated alkanes) is 1. The second-order valence-corrected chi connectivity index (χ2v) is 3.60. The number of rotatable bonds is 6. The molecule has 2 nitrogen and oxygen atoms in total. The quantitative estimate of drug-likeness (QED) is 0.672. The van der Waals surface area contributed by atoms with Crippen LogP contribution >= 0.6 is 0 Å². The normalized spacial score (nSPS) is 13.1. The molecule has 1 heterocycles. The minimum Gasteiger partial charge on any atom is -0.451 e. The van der Waals surface area contributed by atoms with Crippen LogP contribution in [-0.4, -0.2) is 4.98 Å². The maximum atomic E-state index is 4.95. The van der Waals surface area contributed by atoms with Crippen LogP contribution in [0.15, 0.2) is 17.1 Å². The fourth-order valence-electron chi connectivity index (χ4n) is 1.58. The maximum Gasteiger partial charge on any atom is 0.180 e. The minimum atomic E-state index is 0.782. The van der Waals surface area contributed by atoms with Crippen molar-refractivity contribution in [2.75, 3.05) is 0 Å². The van der Waals surface area contributed by atoms with Crippen LogP contribution in [0.5, 0.6) is 0 Å². The van der Waals surface area contributed by atoms with Gasteiger partial charge in [-0.1, -0.05) is 39.5 Å². The molecule has 0 saturated carbocycles. The van der Waals surface area contributed by atoms with E-state index in [1.165, 1.54) is 32.1 Å². The predicted octanol–water partition coefficient (Wildman–Crippen LogP) is 3.43. The first-order valence-electron chi connectivity index (χ1n) is 5.23. The molecule has 1 atom stereocenters. The monoisotopic (exact) mass is 181 g/mol. The van der Waals surface area contributed by atoms with Crippen LogP contribution < -0.4 is 0 Å². The van der Waals surface area contributed by atoms with Crippen molar-refractivity contribution in [3.63, 3.8) is 0 Å². The van der Waals surface area contributed by atoms with Crippen molar-refractivity contribution in [3.8, 4) is 0 Å². The van der Waals surface area contributed by atoms with E-state index in [1.54, 1.807) is 6.26 Å². The smallest absolute Gasteiger partial charge is 0.180 e. The molecule has 0 N–H and O–H groups in total. The van der Waals surface area contributed by atoms with Gasteiger partial charge >= 0.3 is 0 Å². The van der Waals surface area contributed by atoms with Gasteiger partial charge in [0, 0.05) is 0 Å². The van der Waals surface area contributed by atoms with E-state index in [-0.39, 0.29) is 0 Å². The van der Waals surface area contributed by atoms with Crippen LogP contribution in [0.3, 0.4) is 0 Å². The van der Waals surface area contributed by atoms with E-state index in [9.17, 15) is 0 Å². The highest BCUT2D eigenvalue weighted by molar-refractivity contribution is 4.92. The van der Waals surface area contributed by atoms with Gasteiger partial charge in [-0.15, -0.1) is 0 Å². The Morgan fingerprint density at radius 1 is 1.46 bits per heavy atom. The Morgan fingerprint density at radius 3 is 2.85 bits per heavy atom. The molecule has 0 bridgehead atoms. The number of nitrogens with zero attached hydrogens (tertiary/aromatic N) is 1. The number of hydrogen-bond donors (Lipinski definition) is 0. The van der Waals surface area contributed by atoms with Gasteiger partial charge in [-0.05, 0) is 12.3 Å². The van der Waals surface area contributed by atoms with Crippen LogP contribution in [0.2, 0.25) is 0 Å². The second-order valence-electron chi connectivity index (χ2n) is 3.60. The molecule has 0 fully saturated rings. The Bertz CT molecular complexity index is 206. The van der Waals surface area contributed by atoms with Crippen molar-refractivity contribution in [2.24, 2.45) is 5.92 Å². The average Bonchev–Trinajstić information content (AvgIpc) is 2.64. The molecule has 0 aliphatic carbocycles. The summed E-state index contributed by atoms with van der Waals surface area (Å²) >= 11 is 0. The van der Waals surface area contributed by atoms with Crippen LogP contribution in [0.4, 0.5) is 0 Å². The average molecular weight is 181 g/mol. The van der Waals surface area contributed by atoms with Gasteiger partial charge in [-0.2, -0.15) is 0 Å². The van der Waals surface area contributed by atoms with E-state index in [4.69, 9.17) is 4.42 Å². The minimum absolute atomic E-state index is 0.782. The Kier molecular flexibility index (Phi) is 4.58. The lowest BCUT2D eigenvalue weighted by atomic mass is 9.95. The van der Waals surface area contributed by atoms with Gasteiger partial charge in [-0.3, -0.25) is 0 Å². The highest BCUT2D eigenvalue weighted by atomic mass is 16.3. The zero-order valence-electron chi connectivity index (χ0n) is 8.62. The van der Waals surface area contributed by atoms with Gasteiger partial charge in [0.1, 0.15) is 6.26 Å². The third kappa shape index (κ3) is 3.62. The molecule has 0 radical (unpaired) electrons. The van der Waals surface area contributed by atoms with E-state index >= 15 is 0 Å². The maximum absolute atomic E-state index is 4.95. The van der Waals surface area contributed by atoms with Gasteiger partial charge in [0.2, 0.25) is 0 Å². The van der Waals surface area contributed by atoms with Gasteiger partial charge in [0.15, 0.2) is 6.39 Å². The fraction of sp³-hybridized carbons (Fsp3) is 0.727. The first kappa shape index (κ1) is 10.3. The summed E-state index contributed by atoms with van der Waals surface area (Å²) in [7, 11) is 0. The molecule has 13 heavy (non-hydrogen) atoms. The number of aromatic nitrogens is 1.